The molecule has 1 unspecified atom stereocenters. The smallest absolute Gasteiger partial charge is 0.215 e. The number of methoxy groups -OCH3 is 1. The first-order valence-corrected chi connectivity index (χ1v) is 7.69. The highest BCUT2D eigenvalue weighted by molar-refractivity contribution is 8.15. The number of hydrogen-bond donors (Lipinski definition) is 1. The second kappa shape index (κ2) is 8.33. The third-order valence-corrected chi connectivity index (χ3v) is 4.59. The molecule has 4 heteroatoms. The summed E-state index contributed by atoms with van der Waals surface area (Å²) in [5.74, 6) is 1.56. The zero-order chi connectivity index (χ0) is 14.3. The van der Waals surface area contributed by atoms with Gasteiger partial charge in [0.1, 0.15) is 5.75 Å². The summed E-state index contributed by atoms with van der Waals surface area (Å²) in [4.78, 5) is 11.9. The monoisotopic (exact) mass is 296 g/mol. The molecule has 0 saturated carbocycles. The largest absolute Gasteiger partial charge is 0.497 e. The molecule has 0 spiro atoms. The maximum atomic E-state index is 11.9. The van der Waals surface area contributed by atoms with E-state index in [0.29, 0.717) is 5.75 Å². The zero-order valence-electron chi connectivity index (χ0n) is 11.6. The fraction of sp³-hybridized carbons (Fsp3) is 0.400. The lowest BCUT2D eigenvalue weighted by atomic mass is 10.1. The summed E-state index contributed by atoms with van der Waals surface area (Å²) >= 11 is 5.53. The molecular formula is C15H20O2S2. The van der Waals surface area contributed by atoms with E-state index in [2.05, 4.69) is 12.6 Å². The van der Waals surface area contributed by atoms with Gasteiger partial charge >= 0.3 is 0 Å². The van der Waals surface area contributed by atoms with Gasteiger partial charge in [-0.15, -0.1) is 0 Å². The minimum atomic E-state index is 0.134. The Labute approximate surface area is 125 Å². The van der Waals surface area contributed by atoms with Crippen molar-refractivity contribution in [1.29, 1.82) is 0 Å². The highest BCUT2D eigenvalue weighted by Crippen LogP contribution is 2.18. The second-order valence-electron chi connectivity index (χ2n) is 4.34. The fourth-order valence-corrected chi connectivity index (χ4v) is 2.36. The van der Waals surface area contributed by atoms with Crippen LogP contribution in [0.2, 0.25) is 0 Å². The van der Waals surface area contributed by atoms with Crippen LogP contribution in [0.25, 0.3) is 0 Å². The minimum Gasteiger partial charge on any atom is -0.497 e. The van der Waals surface area contributed by atoms with Gasteiger partial charge in [-0.05, 0) is 36.6 Å². The summed E-state index contributed by atoms with van der Waals surface area (Å²) in [5, 5.41) is 0.384. The SMILES string of the molecule is COc1ccc(C/C=C(\C)C(=O)SC(C)CS)cc1. The Balaban J connectivity index is 2.56. The normalized spacial score (nSPS) is 13.2. The van der Waals surface area contributed by atoms with Crippen molar-refractivity contribution in [2.75, 3.05) is 12.9 Å². The molecule has 0 aromatic heterocycles. The van der Waals surface area contributed by atoms with Crippen molar-refractivity contribution >= 4 is 29.5 Å². The Morgan fingerprint density at radius 2 is 2.05 bits per heavy atom. The Bertz CT molecular complexity index is 438. The van der Waals surface area contributed by atoms with Crippen LogP contribution in [0.4, 0.5) is 0 Å². The molecule has 2 nitrogen and oxygen atoms in total. The molecule has 0 heterocycles. The number of hydrogen-bond acceptors (Lipinski definition) is 4. The van der Waals surface area contributed by atoms with Crippen molar-refractivity contribution in [2.45, 2.75) is 25.5 Å². The molecule has 0 amide bonds. The molecule has 1 rings (SSSR count). The van der Waals surface area contributed by atoms with Crippen LogP contribution in [-0.2, 0) is 11.2 Å². The van der Waals surface area contributed by atoms with Crippen LogP contribution < -0.4 is 4.74 Å². The molecule has 1 aromatic rings. The van der Waals surface area contributed by atoms with Crippen LogP contribution in [0.3, 0.4) is 0 Å². The van der Waals surface area contributed by atoms with Gasteiger partial charge in [-0.3, -0.25) is 4.79 Å². The Kier molecular flexibility index (Phi) is 7.10. The van der Waals surface area contributed by atoms with Gasteiger partial charge in [-0.2, -0.15) is 12.6 Å². The molecule has 0 saturated heterocycles. The van der Waals surface area contributed by atoms with Crippen molar-refractivity contribution in [3.05, 3.63) is 41.5 Å². The lowest BCUT2D eigenvalue weighted by Crippen LogP contribution is -2.04. The highest BCUT2D eigenvalue weighted by Gasteiger charge is 2.09. The number of thioether (sulfide) groups is 1. The Morgan fingerprint density at radius 1 is 1.42 bits per heavy atom. The van der Waals surface area contributed by atoms with Crippen LogP contribution in [-0.4, -0.2) is 23.2 Å². The van der Waals surface area contributed by atoms with Crippen molar-refractivity contribution in [2.24, 2.45) is 0 Å². The molecule has 0 radical (unpaired) electrons. The molecule has 0 N–H and O–H groups in total. The summed E-state index contributed by atoms with van der Waals surface area (Å²) in [5.41, 5.74) is 1.97. The fourth-order valence-electron chi connectivity index (χ4n) is 1.43. The predicted molar refractivity (Wildman–Crippen MR) is 86.4 cm³/mol. The standard InChI is InChI=1S/C15H20O2S2/c1-11(15(16)19-12(2)10-18)4-5-13-6-8-14(17-3)9-7-13/h4,6-9,12,18H,5,10H2,1-3H3/b11-4+. The van der Waals surface area contributed by atoms with Crippen molar-refractivity contribution in [3.63, 3.8) is 0 Å². The first kappa shape index (κ1) is 16.2. The molecule has 0 aliphatic carbocycles. The second-order valence-corrected chi connectivity index (χ2v) is 6.11. The average molecular weight is 296 g/mol. The van der Waals surface area contributed by atoms with E-state index in [9.17, 15) is 4.79 Å². The first-order valence-electron chi connectivity index (χ1n) is 6.18. The van der Waals surface area contributed by atoms with Crippen molar-refractivity contribution in [3.8, 4) is 5.75 Å². The molecule has 0 fully saturated rings. The lowest BCUT2D eigenvalue weighted by molar-refractivity contribution is -0.107. The number of benzene rings is 1. The van der Waals surface area contributed by atoms with E-state index in [1.807, 2.05) is 44.2 Å². The van der Waals surface area contributed by atoms with Crippen LogP contribution in [0.1, 0.15) is 19.4 Å². The van der Waals surface area contributed by atoms with E-state index in [1.54, 1.807) is 7.11 Å². The van der Waals surface area contributed by atoms with Gasteiger partial charge in [0.25, 0.3) is 0 Å². The molecule has 1 aromatic carbocycles. The van der Waals surface area contributed by atoms with E-state index >= 15 is 0 Å². The van der Waals surface area contributed by atoms with Crippen molar-refractivity contribution in [1.82, 2.24) is 0 Å². The number of thiol groups is 1. The number of ether oxygens (including phenoxy) is 1. The summed E-state index contributed by atoms with van der Waals surface area (Å²) in [6, 6.07) is 7.88. The van der Waals surface area contributed by atoms with Gasteiger partial charge in [0.2, 0.25) is 5.12 Å². The predicted octanol–water partition coefficient (Wildman–Crippen LogP) is 3.76. The maximum Gasteiger partial charge on any atom is 0.215 e. The topological polar surface area (TPSA) is 26.3 Å². The summed E-state index contributed by atoms with van der Waals surface area (Å²) in [6.07, 6.45) is 2.74. The van der Waals surface area contributed by atoms with Gasteiger partial charge < -0.3 is 4.74 Å². The molecule has 1 atom stereocenters. The van der Waals surface area contributed by atoms with Gasteiger partial charge in [0.15, 0.2) is 0 Å². The van der Waals surface area contributed by atoms with Gasteiger partial charge in [0, 0.05) is 11.0 Å². The van der Waals surface area contributed by atoms with E-state index in [1.165, 1.54) is 17.3 Å². The average Bonchev–Trinajstić information content (AvgIpc) is 2.44. The zero-order valence-corrected chi connectivity index (χ0v) is 13.3. The quantitative estimate of drug-likeness (QED) is 0.639. The van der Waals surface area contributed by atoms with Crippen molar-refractivity contribution < 1.29 is 9.53 Å². The van der Waals surface area contributed by atoms with Crippen LogP contribution in [0.5, 0.6) is 5.75 Å². The molecule has 0 aliphatic rings. The molecule has 19 heavy (non-hydrogen) atoms. The van der Waals surface area contributed by atoms with E-state index in [0.717, 1.165) is 17.7 Å². The lowest BCUT2D eigenvalue weighted by Gasteiger charge is -2.06. The van der Waals surface area contributed by atoms with Crippen LogP contribution >= 0.6 is 24.4 Å². The summed E-state index contributed by atoms with van der Waals surface area (Å²) < 4.78 is 5.11. The highest BCUT2D eigenvalue weighted by atomic mass is 32.2. The van der Waals surface area contributed by atoms with Gasteiger partial charge in [-0.1, -0.05) is 36.9 Å². The number of carbonyl (C=O) groups excluding carboxylic acids is 1. The summed E-state index contributed by atoms with van der Waals surface area (Å²) in [7, 11) is 1.65. The minimum absolute atomic E-state index is 0.134. The van der Waals surface area contributed by atoms with Gasteiger partial charge in [-0.25, -0.2) is 0 Å². The maximum absolute atomic E-state index is 11.9. The van der Waals surface area contributed by atoms with Crippen LogP contribution in [0, 0.1) is 0 Å². The molecule has 0 bridgehead atoms. The Morgan fingerprint density at radius 3 is 2.58 bits per heavy atom. The third-order valence-electron chi connectivity index (χ3n) is 2.69. The number of rotatable bonds is 6. The number of carbonyl (C=O) groups is 1. The van der Waals surface area contributed by atoms with E-state index in [4.69, 9.17) is 4.74 Å². The van der Waals surface area contributed by atoms with E-state index < -0.39 is 0 Å². The Hall–Kier alpha value is -0.870. The van der Waals surface area contributed by atoms with Crippen LogP contribution in [0.15, 0.2) is 35.9 Å². The van der Waals surface area contributed by atoms with E-state index in [-0.39, 0.29) is 10.4 Å². The molecular weight excluding hydrogens is 276 g/mol. The first-order chi connectivity index (χ1) is 9.06. The van der Waals surface area contributed by atoms with Gasteiger partial charge in [0.05, 0.1) is 7.11 Å². The molecule has 104 valence electrons. The summed E-state index contributed by atoms with van der Waals surface area (Å²) in [6.45, 7) is 3.87. The molecule has 0 aliphatic heterocycles. The third kappa shape index (κ3) is 5.74. The number of allylic oxidation sites excluding steroid dienone is 1.